The lowest BCUT2D eigenvalue weighted by atomic mass is 10.1. The maximum atomic E-state index is 13.3. The summed E-state index contributed by atoms with van der Waals surface area (Å²) in [4.78, 5) is 12.4. The van der Waals surface area contributed by atoms with E-state index in [2.05, 4.69) is 10.0 Å². The van der Waals surface area contributed by atoms with Crippen LogP contribution in [-0.2, 0) is 16.6 Å². The maximum Gasteiger partial charge on any atom is 0.251 e. The van der Waals surface area contributed by atoms with Gasteiger partial charge in [0.15, 0.2) is 0 Å². The third-order valence-corrected chi connectivity index (χ3v) is 5.50. The number of carbonyl (C=O) groups excluding carboxylic acids is 1. The fourth-order valence-electron chi connectivity index (χ4n) is 2.39. The number of sulfonamides is 1. The van der Waals surface area contributed by atoms with Crippen molar-refractivity contribution in [3.05, 3.63) is 65.0 Å². The molecule has 1 fully saturated rings. The summed E-state index contributed by atoms with van der Waals surface area (Å²) < 4.78 is 40.3. The minimum absolute atomic E-state index is 0.00389. The molecule has 132 valence electrons. The fraction of sp³-hybridized carbons (Fsp3) is 0.278. The first-order valence-electron chi connectivity index (χ1n) is 8.01. The van der Waals surface area contributed by atoms with Crippen LogP contribution in [0.25, 0.3) is 0 Å². The molecule has 0 atom stereocenters. The van der Waals surface area contributed by atoms with Crippen molar-refractivity contribution in [2.75, 3.05) is 0 Å². The highest BCUT2D eigenvalue weighted by atomic mass is 32.2. The lowest BCUT2D eigenvalue weighted by molar-refractivity contribution is 0.0950. The number of hydrogen-bond acceptors (Lipinski definition) is 3. The van der Waals surface area contributed by atoms with E-state index in [1.165, 1.54) is 18.2 Å². The van der Waals surface area contributed by atoms with Crippen LogP contribution in [0.2, 0.25) is 0 Å². The van der Waals surface area contributed by atoms with Gasteiger partial charge in [0, 0.05) is 18.2 Å². The van der Waals surface area contributed by atoms with Gasteiger partial charge in [-0.2, -0.15) is 0 Å². The molecule has 0 heterocycles. The Balaban J connectivity index is 1.69. The van der Waals surface area contributed by atoms with Crippen molar-refractivity contribution in [3.8, 4) is 0 Å². The summed E-state index contributed by atoms with van der Waals surface area (Å²) in [5.41, 5.74) is 1.54. The monoisotopic (exact) mass is 362 g/mol. The van der Waals surface area contributed by atoms with Gasteiger partial charge in [-0.1, -0.05) is 18.2 Å². The first-order valence-corrected chi connectivity index (χ1v) is 9.49. The quantitative estimate of drug-likeness (QED) is 0.829. The van der Waals surface area contributed by atoms with Crippen LogP contribution in [0, 0.1) is 12.7 Å². The number of rotatable bonds is 6. The Labute approximate surface area is 146 Å². The number of hydrogen-bond donors (Lipinski definition) is 2. The molecule has 0 aromatic heterocycles. The summed E-state index contributed by atoms with van der Waals surface area (Å²) in [6.07, 6.45) is 1.69. The molecule has 0 spiro atoms. The lowest BCUT2D eigenvalue weighted by Gasteiger charge is -2.09. The van der Waals surface area contributed by atoms with E-state index in [9.17, 15) is 17.6 Å². The van der Waals surface area contributed by atoms with E-state index in [0.29, 0.717) is 5.56 Å². The van der Waals surface area contributed by atoms with Crippen LogP contribution in [0.4, 0.5) is 4.39 Å². The standard InChI is InChI=1S/C18H19FN2O3S/c1-12-9-13(5-8-17(12)19)11-20-18(22)14-3-2-4-16(10-14)25(23,24)21-15-6-7-15/h2-5,8-10,15,21H,6-7,11H2,1H3,(H,20,22). The van der Waals surface area contributed by atoms with Crippen LogP contribution < -0.4 is 10.0 Å². The van der Waals surface area contributed by atoms with Gasteiger partial charge in [-0.25, -0.2) is 17.5 Å². The summed E-state index contributed by atoms with van der Waals surface area (Å²) in [6.45, 7) is 1.89. The minimum atomic E-state index is -3.60. The van der Waals surface area contributed by atoms with Crippen LogP contribution in [-0.4, -0.2) is 20.4 Å². The fourth-order valence-corrected chi connectivity index (χ4v) is 3.74. The van der Waals surface area contributed by atoms with Crippen molar-refractivity contribution in [3.63, 3.8) is 0 Å². The zero-order chi connectivity index (χ0) is 18.0. The molecule has 2 aromatic rings. The molecule has 0 bridgehead atoms. The summed E-state index contributed by atoms with van der Waals surface area (Å²) >= 11 is 0. The predicted molar refractivity (Wildman–Crippen MR) is 92.1 cm³/mol. The molecule has 0 saturated heterocycles. The second kappa shape index (κ2) is 6.93. The minimum Gasteiger partial charge on any atom is -0.348 e. The second-order valence-corrected chi connectivity index (χ2v) is 7.90. The molecule has 2 aromatic carbocycles. The van der Waals surface area contributed by atoms with Crippen LogP contribution in [0.1, 0.15) is 34.3 Å². The molecular weight excluding hydrogens is 343 g/mol. The molecule has 5 nitrogen and oxygen atoms in total. The highest BCUT2D eigenvalue weighted by Gasteiger charge is 2.28. The van der Waals surface area contributed by atoms with Crippen molar-refractivity contribution in [1.82, 2.24) is 10.0 Å². The summed E-state index contributed by atoms with van der Waals surface area (Å²) in [7, 11) is -3.60. The Hall–Kier alpha value is -2.25. The Morgan fingerprint density at radius 3 is 2.64 bits per heavy atom. The maximum absolute atomic E-state index is 13.3. The van der Waals surface area contributed by atoms with Crippen molar-refractivity contribution >= 4 is 15.9 Å². The number of benzene rings is 2. The molecule has 0 radical (unpaired) electrons. The average molecular weight is 362 g/mol. The second-order valence-electron chi connectivity index (χ2n) is 6.19. The number of halogens is 1. The van der Waals surface area contributed by atoms with Crippen molar-refractivity contribution in [2.45, 2.75) is 37.2 Å². The third-order valence-electron chi connectivity index (χ3n) is 3.98. The third kappa shape index (κ3) is 4.43. The molecule has 1 saturated carbocycles. The van der Waals surface area contributed by atoms with Crippen LogP contribution in [0.5, 0.6) is 0 Å². The van der Waals surface area contributed by atoms with Gasteiger partial charge in [-0.05, 0) is 55.2 Å². The zero-order valence-corrected chi connectivity index (χ0v) is 14.6. The van der Waals surface area contributed by atoms with Gasteiger partial charge < -0.3 is 5.32 Å². The normalized spacial score (nSPS) is 14.3. The number of nitrogens with one attached hydrogen (secondary N) is 2. The van der Waals surface area contributed by atoms with E-state index in [-0.39, 0.29) is 34.8 Å². The molecule has 1 aliphatic rings. The van der Waals surface area contributed by atoms with E-state index >= 15 is 0 Å². The molecule has 0 aliphatic heterocycles. The molecule has 1 amide bonds. The van der Waals surface area contributed by atoms with E-state index in [1.807, 2.05) is 0 Å². The first kappa shape index (κ1) is 17.6. The van der Waals surface area contributed by atoms with Gasteiger partial charge in [-0.3, -0.25) is 4.79 Å². The lowest BCUT2D eigenvalue weighted by Crippen LogP contribution is -2.27. The van der Waals surface area contributed by atoms with Crippen molar-refractivity contribution in [2.24, 2.45) is 0 Å². The van der Waals surface area contributed by atoms with Crippen molar-refractivity contribution in [1.29, 1.82) is 0 Å². The van der Waals surface area contributed by atoms with Gasteiger partial charge in [0.05, 0.1) is 4.90 Å². The first-order chi connectivity index (χ1) is 11.8. The van der Waals surface area contributed by atoms with Crippen LogP contribution in [0.15, 0.2) is 47.4 Å². The van der Waals surface area contributed by atoms with E-state index in [4.69, 9.17) is 0 Å². The van der Waals surface area contributed by atoms with Gasteiger partial charge in [0.2, 0.25) is 10.0 Å². The van der Waals surface area contributed by atoms with E-state index < -0.39 is 10.0 Å². The van der Waals surface area contributed by atoms with E-state index in [0.717, 1.165) is 18.4 Å². The average Bonchev–Trinajstić information content (AvgIpc) is 3.39. The molecule has 3 rings (SSSR count). The molecule has 0 unspecified atom stereocenters. The molecule has 1 aliphatic carbocycles. The topological polar surface area (TPSA) is 75.3 Å². The Bertz CT molecular complexity index is 908. The smallest absolute Gasteiger partial charge is 0.251 e. The Morgan fingerprint density at radius 1 is 1.20 bits per heavy atom. The van der Waals surface area contributed by atoms with Gasteiger partial charge in [-0.15, -0.1) is 0 Å². The largest absolute Gasteiger partial charge is 0.348 e. The van der Waals surface area contributed by atoms with Crippen LogP contribution in [0.3, 0.4) is 0 Å². The molecule has 2 N–H and O–H groups in total. The molecule has 7 heteroatoms. The van der Waals surface area contributed by atoms with Crippen LogP contribution >= 0.6 is 0 Å². The summed E-state index contributed by atoms with van der Waals surface area (Å²) in [5, 5.41) is 2.72. The van der Waals surface area contributed by atoms with Gasteiger partial charge in [0.25, 0.3) is 5.91 Å². The highest BCUT2D eigenvalue weighted by Crippen LogP contribution is 2.22. The Morgan fingerprint density at radius 2 is 1.96 bits per heavy atom. The number of aryl methyl sites for hydroxylation is 1. The number of carbonyl (C=O) groups is 1. The van der Waals surface area contributed by atoms with Gasteiger partial charge >= 0.3 is 0 Å². The highest BCUT2D eigenvalue weighted by molar-refractivity contribution is 7.89. The predicted octanol–water partition coefficient (Wildman–Crippen LogP) is 2.50. The van der Waals surface area contributed by atoms with Gasteiger partial charge in [0.1, 0.15) is 5.82 Å². The van der Waals surface area contributed by atoms with E-state index in [1.54, 1.807) is 31.2 Å². The zero-order valence-electron chi connectivity index (χ0n) is 13.8. The summed E-state index contributed by atoms with van der Waals surface area (Å²) in [6, 6.07) is 10.5. The molecular formula is C18H19FN2O3S. The summed E-state index contributed by atoms with van der Waals surface area (Å²) in [5.74, 6) is -0.679. The molecule has 25 heavy (non-hydrogen) atoms. The Kier molecular flexibility index (Phi) is 4.87. The number of amides is 1. The van der Waals surface area contributed by atoms with Crippen molar-refractivity contribution < 1.29 is 17.6 Å². The SMILES string of the molecule is Cc1cc(CNC(=O)c2cccc(S(=O)(=O)NC3CC3)c2)ccc1F.